The van der Waals surface area contributed by atoms with Gasteiger partial charge in [-0.15, -0.1) is 0 Å². The third kappa shape index (κ3) is 2.41. The van der Waals surface area contributed by atoms with Gasteiger partial charge in [-0.2, -0.15) is 0 Å². The number of rotatable bonds is 3. The predicted molar refractivity (Wildman–Crippen MR) is 87.6 cm³/mol. The Morgan fingerprint density at radius 1 is 1.30 bits per heavy atom. The van der Waals surface area contributed by atoms with Crippen LogP contribution in [0, 0.1) is 0 Å². The maximum absolute atomic E-state index is 10.2. The van der Waals surface area contributed by atoms with Gasteiger partial charge >= 0.3 is 0 Å². The first kappa shape index (κ1) is 14.0. The number of aromatic amines is 1. The highest BCUT2D eigenvalue weighted by Gasteiger charge is 2.34. The standard InChI is InChI=1S/C17H18N4O2/c1-23-13-4-2-3-11(7-13)15-8-12(22)9-21(15)17-14-5-6-18-16(14)19-10-20-17/h2-7,10,12,15,22H,8-9H2,1H3,(H,18,19,20). The second kappa shape index (κ2) is 5.55. The Balaban J connectivity index is 1.78. The van der Waals surface area contributed by atoms with E-state index in [9.17, 15) is 5.11 Å². The number of β-amino-alcohol motifs (C(OH)–C–C–N with tert-alkyl or cyclic N) is 1. The van der Waals surface area contributed by atoms with Crippen LogP contribution in [-0.4, -0.2) is 39.8 Å². The van der Waals surface area contributed by atoms with Gasteiger partial charge in [0.15, 0.2) is 0 Å². The van der Waals surface area contributed by atoms with E-state index in [-0.39, 0.29) is 12.1 Å². The van der Waals surface area contributed by atoms with Crippen molar-refractivity contribution in [1.29, 1.82) is 0 Å². The van der Waals surface area contributed by atoms with Crippen molar-refractivity contribution in [3.63, 3.8) is 0 Å². The zero-order valence-corrected chi connectivity index (χ0v) is 12.8. The van der Waals surface area contributed by atoms with Gasteiger partial charge in [0.05, 0.1) is 24.6 Å². The lowest BCUT2D eigenvalue weighted by Gasteiger charge is -2.26. The highest BCUT2D eigenvalue weighted by molar-refractivity contribution is 5.87. The Morgan fingerprint density at radius 2 is 2.22 bits per heavy atom. The van der Waals surface area contributed by atoms with E-state index in [1.165, 1.54) is 0 Å². The number of nitrogens with zero attached hydrogens (tertiary/aromatic N) is 3. The zero-order valence-electron chi connectivity index (χ0n) is 12.8. The Bertz CT molecular complexity index is 832. The van der Waals surface area contributed by atoms with Gasteiger partial charge in [0.2, 0.25) is 0 Å². The van der Waals surface area contributed by atoms with Crippen molar-refractivity contribution in [2.75, 3.05) is 18.6 Å². The highest BCUT2D eigenvalue weighted by Crippen LogP contribution is 2.38. The van der Waals surface area contributed by atoms with E-state index in [1.54, 1.807) is 13.4 Å². The van der Waals surface area contributed by atoms with Crippen molar-refractivity contribution in [1.82, 2.24) is 15.0 Å². The van der Waals surface area contributed by atoms with Crippen LogP contribution < -0.4 is 9.64 Å². The van der Waals surface area contributed by atoms with Crippen LogP contribution in [0.3, 0.4) is 0 Å². The SMILES string of the molecule is COc1cccc(C2CC(O)CN2c2ncnc3[nH]ccc23)c1. The summed E-state index contributed by atoms with van der Waals surface area (Å²) >= 11 is 0. The molecule has 23 heavy (non-hydrogen) atoms. The van der Waals surface area contributed by atoms with Gasteiger partial charge in [-0.25, -0.2) is 9.97 Å². The van der Waals surface area contributed by atoms with Crippen molar-refractivity contribution in [3.8, 4) is 5.75 Å². The molecule has 0 aliphatic carbocycles. The summed E-state index contributed by atoms with van der Waals surface area (Å²) in [5.41, 5.74) is 1.92. The molecule has 1 aliphatic rings. The number of hydrogen-bond donors (Lipinski definition) is 2. The molecular weight excluding hydrogens is 292 g/mol. The van der Waals surface area contributed by atoms with E-state index in [4.69, 9.17) is 4.74 Å². The minimum Gasteiger partial charge on any atom is -0.497 e. The molecule has 0 bridgehead atoms. The number of hydrogen-bond acceptors (Lipinski definition) is 5. The van der Waals surface area contributed by atoms with E-state index in [0.717, 1.165) is 28.2 Å². The first-order chi connectivity index (χ1) is 11.3. The molecule has 1 fully saturated rings. The summed E-state index contributed by atoms with van der Waals surface area (Å²) < 4.78 is 5.33. The lowest BCUT2D eigenvalue weighted by molar-refractivity contribution is 0.194. The molecule has 3 aromatic rings. The number of nitrogens with one attached hydrogen (secondary N) is 1. The molecule has 3 heterocycles. The molecule has 1 saturated heterocycles. The van der Waals surface area contributed by atoms with Crippen molar-refractivity contribution < 1.29 is 9.84 Å². The number of ether oxygens (including phenoxy) is 1. The second-order valence-corrected chi connectivity index (χ2v) is 5.77. The van der Waals surface area contributed by atoms with Gasteiger partial charge in [0.1, 0.15) is 23.5 Å². The fourth-order valence-electron chi connectivity index (χ4n) is 3.30. The van der Waals surface area contributed by atoms with Gasteiger partial charge in [-0.3, -0.25) is 0 Å². The summed E-state index contributed by atoms with van der Waals surface area (Å²) in [5.74, 6) is 1.67. The van der Waals surface area contributed by atoms with E-state index in [1.807, 2.05) is 30.5 Å². The maximum atomic E-state index is 10.2. The average molecular weight is 310 g/mol. The minimum absolute atomic E-state index is 0.0631. The summed E-state index contributed by atoms with van der Waals surface area (Å²) in [6.45, 7) is 0.555. The summed E-state index contributed by atoms with van der Waals surface area (Å²) in [7, 11) is 1.66. The minimum atomic E-state index is -0.379. The number of aromatic nitrogens is 3. The molecule has 1 aromatic carbocycles. The van der Waals surface area contributed by atoms with Crippen molar-refractivity contribution in [3.05, 3.63) is 48.4 Å². The molecule has 118 valence electrons. The molecule has 0 saturated carbocycles. The van der Waals surface area contributed by atoms with Crippen LogP contribution in [0.2, 0.25) is 0 Å². The summed E-state index contributed by atoms with van der Waals surface area (Å²) in [4.78, 5) is 14.0. The average Bonchev–Trinajstić information content (AvgIpc) is 3.21. The molecule has 2 atom stereocenters. The largest absolute Gasteiger partial charge is 0.497 e. The normalized spacial score (nSPS) is 21.0. The Labute approximate surface area is 133 Å². The van der Waals surface area contributed by atoms with Crippen molar-refractivity contribution in [2.45, 2.75) is 18.6 Å². The lowest BCUT2D eigenvalue weighted by Crippen LogP contribution is -2.25. The van der Waals surface area contributed by atoms with Crippen LogP contribution >= 0.6 is 0 Å². The molecule has 0 radical (unpaired) electrons. The molecule has 6 heteroatoms. The van der Waals surface area contributed by atoms with E-state index < -0.39 is 0 Å². The summed E-state index contributed by atoms with van der Waals surface area (Å²) in [6, 6.07) is 10.0. The van der Waals surface area contributed by atoms with Crippen LogP contribution in [0.5, 0.6) is 5.75 Å². The number of aliphatic hydroxyl groups excluding tert-OH is 1. The first-order valence-corrected chi connectivity index (χ1v) is 7.63. The molecule has 0 spiro atoms. The van der Waals surface area contributed by atoms with Crippen molar-refractivity contribution in [2.24, 2.45) is 0 Å². The number of H-pyrrole nitrogens is 1. The Kier molecular flexibility index (Phi) is 3.38. The molecule has 4 rings (SSSR count). The summed E-state index contributed by atoms with van der Waals surface area (Å²) in [5, 5.41) is 11.2. The maximum Gasteiger partial charge on any atom is 0.142 e. The van der Waals surface area contributed by atoms with Gasteiger partial charge < -0.3 is 19.7 Å². The number of methoxy groups -OCH3 is 1. The molecule has 2 N–H and O–H groups in total. The molecule has 2 unspecified atom stereocenters. The zero-order chi connectivity index (χ0) is 15.8. The topological polar surface area (TPSA) is 74.3 Å². The second-order valence-electron chi connectivity index (χ2n) is 5.77. The molecule has 0 amide bonds. The molecular formula is C17H18N4O2. The molecule has 2 aromatic heterocycles. The third-order valence-electron chi connectivity index (χ3n) is 4.36. The van der Waals surface area contributed by atoms with Gasteiger partial charge in [-0.1, -0.05) is 12.1 Å². The fourth-order valence-corrected chi connectivity index (χ4v) is 3.30. The molecule has 6 nitrogen and oxygen atoms in total. The molecule has 1 aliphatic heterocycles. The third-order valence-corrected chi connectivity index (χ3v) is 4.36. The van der Waals surface area contributed by atoms with Crippen LogP contribution in [0.1, 0.15) is 18.0 Å². The van der Waals surface area contributed by atoms with Crippen molar-refractivity contribution >= 4 is 16.9 Å². The van der Waals surface area contributed by atoms with E-state index in [2.05, 4.69) is 25.9 Å². The van der Waals surface area contributed by atoms with E-state index in [0.29, 0.717) is 13.0 Å². The van der Waals surface area contributed by atoms with Crippen LogP contribution in [-0.2, 0) is 0 Å². The monoisotopic (exact) mass is 310 g/mol. The van der Waals surface area contributed by atoms with E-state index >= 15 is 0 Å². The number of benzene rings is 1. The number of anilines is 1. The lowest BCUT2D eigenvalue weighted by atomic mass is 10.0. The quantitative estimate of drug-likeness (QED) is 0.776. The van der Waals surface area contributed by atoms with Gasteiger partial charge in [-0.05, 0) is 30.2 Å². The van der Waals surface area contributed by atoms with Gasteiger partial charge in [0.25, 0.3) is 0 Å². The number of fused-ring (bicyclic) bond motifs is 1. The first-order valence-electron chi connectivity index (χ1n) is 7.63. The van der Waals surface area contributed by atoms with Crippen LogP contribution in [0.25, 0.3) is 11.0 Å². The fraction of sp³-hybridized carbons (Fsp3) is 0.294. The van der Waals surface area contributed by atoms with Gasteiger partial charge in [0, 0.05) is 12.7 Å². The van der Waals surface area contributed by atoms with Crippen LogP contribution in [0.15, 0.2) is 42.9 Å². The Hall–Kier alpha value is -2.60. The highest BCUT2D eigenvalue weighted by atomic mass is 16.5. The smallest absolute Gasteiger partial charge is 0.142 e. The van der Waals surface area contributed by atoms with Crippen LogP contribution in [0.4, 0.5) is 5.82 Å². The predicted octanol–water partition coefficient (Wildman–Crippen LogP) is 2.28. The Morgan fingerprint density at radius 3 is 3.09 bits per heavy atom. The number of aliphatic hydroxyl groups is 1. The summed E-state index contributed by atoms with van der Waals surface area (Å²) in [6.07, 6.45) is 3.70.